The zero-order valence-electron chi connectivity index (χ0n) is 12.8. The van der Waals surface area contributed by atoms with Gasteiger partial charge < -0.3 is 24.4 Å². The van der Waals surface area contributed by atoms with Gasteiger partial charge >= 0.3 is 6.09 Å². The van der Waals surface area contributed by atoms with Crippen molar-refractivity contribution in [1.82, 2.24) is 10.1 Å². The molecular weight excluding hydrogens is 336 g/mol. The summed E-state index contributed by atoms with van der Waals surface area (Å²) in [4.78, 5) is 12.4. The first-order chi connectivity index (χ1) is 11.6. The van der Waals surface area contributed by atoms with Crippen LogP contribution in [0.2, 0.25) is 5.02 Å². The van der Waals surface area contributed by atoms with Crippen LogP contribution in [0.3, 0.4) is 0 Å². The number of rotatable bonds is 4. The third-order valence-electron chi connectivity index (χ3n) is 3.89. The van der Waals surface area contributed by atoms with Gasteiger partial charge in [0, 0.05) is 24.6 Å². The number of nitrogens with zero attached hydrogens (tertiary/aromatic N) is 2. The fourth-order valence-corrected chi connectivity index (χ4v) is 2.97. The maximum Gasteiger partial charge on any atom is 0.407 e. The second-order valence-corrected chi connectivity index (χ2v) is 5.99. The predicted molar refractivity (Wildman–Crippen MR) is 85.9 cm³/mol. The number of aliphatic hydroxyl groups is 1. The molecule has 0 radical (unpaired) electrons. The molecule has 1 atom stereocenters. The number of aromatic nitrogens is 1. The van der Waals surface area contributed by atoms with Crippen molar-refractivity contribution >= 4 is 17.7 Å². The van der Waals surface area contributed by atoms with Crippen molar-refractivity contribution in [3.63, 3.8) is 0 Å². The van der Waals surface area contributed by atoms with E-state index in [2.05, 4.69) is 5.16 Å². The lowest BCUT2D eigenvalue weighted by molar-refractivity contribution is -0.0210. The molecule has 1 unspecified atom stereocenters. The molecule has 1 aliphatic heterocycles. The molecule has 0 aliphatic carbocycles. The van der Waals surface area contributed by atoms with Crippen LogP contribution >= 0.6 is 11.6 Å². The molecule has 7 nitrogen and oxygen atoms in total. The lowest BCUT2D eigenvalue weighted by Gasteiger charge is -2.31. The van der Waals surface area contributed by atoms with Gasteiger partial charge in [0.2, 0.25) is 0 Å². The molecule has 0 saturated carbocycles. The fourth-order valence-electron chi connectivity index (χ4n) is 2.68. The van der Waals surface area contributed by atoms with Gasteiger partial charge in [0.15, 0.2) is 5.76 Å². The van der Waals surface area contributed by atoms with Gasteiger partial charge in [-0.25, -0.2) is 4.79 Å². The molecule has 8 heteroatoms. The first kappa shape index (κ1) is 16.8. The summed E-state index contributed by atoms with van der Waals surface area (Å²) in [5.41, 5.74) is 2.07. The number of amides is 1. The van der Waals surface area contributed by atoms with Crippen LogP contribution in [0.1, 0.15) is 11.3 Å². The average molecular weight is 353 g/mol. The number of ether oxygens (including phenoxy) is 1. The number of benzene rings is 1. The van der Waals surface area contributed by atoms with E-state index in [9.17, 15) is 4.79 Å². The number of hydrogen-bond donors (Lipinski definition) is 2. The quantitative estimate of drug-likeness (QED) is 0.877. The van der Waals surface area contributed by atoms with Crippen LogP contribution in [-0.2, 0) is 17.8 Å². The van der Waals surface area contributed by atoms with Crippen LogP contribution in [0.15, 0.2) is 28.8 Å². The minimum atomic E-state index is -0.929. The van der Waals surface area contributed by atoms with E-state index in [0.29, 0.717) is 48.2 Å². The monoisotopic (exact) mass is 352 g/mol. The van der Waals surface area contributed by atoms with Crippen molar-refractivity contribution in [3.8, 4) is 11.3 Å². The first-order valence-corrected chi connectivity index (χ1v) is 7.89. The Balaban J connectivity index is 1.71. The predicted octanol–water partition coefficient (Wildman–Crippen LogP) is 2.41. The van der Waals surface area contributed by atoms with Gasteiger partial charge in [0.1, 0.15) is 5.69 Å². The number of hydrogen-bond acceptors (Lipinski definition) is 5. The van der Waals surface area contributed by atoms with Crippen molar-refractivity contribution in [2.45, 2.75) is 19.1 Å². The number of carboxylic acid groups (broad SMARTS) is 1. The van der Waals surface area contributed by atoms with E-state index >= 15 is 0 Å². The average Bonchev–Trinajstić information content (AvgIpc) is 3.04. The lowest BCUT2D eigenvalue weighted by atomic mass is 10.0. The van der Waals surface area contributed by atoms with E-state index in [-0.39, 0.29) is 12.7 Å². The van der Waals surface area contributed by atoms with E-state index in [1.165, 1.54) is 4.90 Å². The van der Waals surface area contributed by atoms with Gasteiger partial charge in [-0.15, -0.1) is 0 Å². The number of morpholine rings is 1. The normalized spacial score (nSPS) is 17.9. The summed E-state index contributed by atoms with van der Waals surface area (Å²) in [7, 11) is 0. The Morgan fingerprint density at radius 3 is 2.92 bits per heavy atom. The molecule has 1 fully saturated rings. The third-order valence-corrected chi connectivity index (χ3v) is 4.21. The molecule has 2 aromatic rings. The molecule has 1 aromatic heterocycles. The minimum absolute atomic E-state index is 0.192. The van der Waals surface area contributed by atoms with E-state index in [1.807, 2.05) is 12.1 Å². The Bertz CT molecular complexity index is 733. The van der Waals surface area contributed by atoms with E-state index in [0.717, 1.165) is 5.56 Å². The summed E-state index contributed by atoms with van der Waals surface area (Å²) >= 11 is 6.32. The molecule has 2 N–H and O–H groups in total. The van der Waals surface area contributed by atoms with Gasteiger partial charge in [0.05, 0.1) is 30.9 Å². The maximum absolute atomic E-state index is 11.0. The Hall–Kier alpha value is -2.09. The molecule has 128 valence electrons. The smallest absolute Gasteiger partial charge is 0.407 e. The summed E-state index contributed by atoms with van der Waals surface area (Å²) in [6.45, 7) is 0.934. The summed E-state index contributed by atoms with van der Waals surface area (Å²) in [5, 5.41) is 22.3. The summed E-state index contributed by atoms with van der Waals surface area (Å²) < 4.78 is 10.8. The number of carbonyl (C=O) groups is 1. The van der Waals surface area contributed by atoms with E-state index in [1.54, 1.807) is 12.1 Å². The highest BCUT2D eigenvalue weighted by Gasteiger charge is 2.24. The first-order valence-electron chi connectivity index (χ1n) is 7.51. The van der Waals surface area contributed by atoms with Crippen LogP contribution in [0.25, 0.3) is 11.3 Å². The van der Waals surface area contributed by atoms with Crippen molar-refractivity contribution in [2.75, 3.05) is 19.7 Å². The summed E-state index contributed by atoms with van der Waals surface area (Å²) in [6, 6.07) is 7.15. The van der Waals surface area contributed by atoms with Crippen LogP contribution in [0.5, 0.6) is 0 Å². The minimum Gasteiger partial charge on any atom is -0.465 e. The van der Waals surface area contributed by atoms with Crippen molar-refractivity contribution in [2.24, 2.45) is 0 Å². The highest BCUT2D eigenvalue weighted by atomic mass is 35.5. The van der Waals surface area contributed by atoms with Gasteiger partial charge in [-0.2, -0.15) is 0 Å². The van der Waals surface area contributed by atoms with Gasteiger partial charge in [-0.3, -0.25) is 0 Å². The molecule has 1 amide bonds. The van der Waals surface area contributed by atoms with Crippen molar-refractivity contribution in [1.29, 1.82) is 0 Å². The molecule has 1 aromatic carbocycles. The van der Waals surface area contributed by atoms with Crippen LogP contribution in [-0.4, -0.2) is 52.2 Å². The summed E-state index contributed by atoms with van der Waals surface area (Å²) in [5.74, 6) is 0.488. The second-order valence-electron chi connectivity index (χ2n) is 5.58. The Morgan fingerprint density at radius 1 is 1.42 bits per heavy atom. The van der Waals surface area contributed by atoms with Gasteiger partial charge in [0.25, 0.3) is 0 Å². The molecular formula is C16H17ClN2O5. The third kappa shape index (κ3) is 3.69. The molecule has 0 spiro atoms. The topological polar surface area (TPSA) is 96.0 Å². The number of aliphatic hydroxyl groups excluding tert-OH is 1. The molecule has 1 aliphatic rings. The lowest BCUT2D eigenvalue weighted by Crippen LogP contribution is -2.45. The Labute approximate surface area is 143 Å². The SMILES string of the molecule is O=C(O)N1CCOC(Cc2ccc(-c3cc(CO)no3)c(Cl)c2)C1. The Kier molecular flexibility index (Phi) is 5.03. The fraction of sp³-hybridized carbons (Fsp3) is 0.375. The second kappa shape index (κ2) is 7.21. The highest BCUT2D eigenvalue weighted by molar-refractivity contribution is 6.33. The van der Waals surface area contributed by atoms with Crippen LogP contribution in [0, 0.1) is 0 Å². The summed E-state index contributed by atoms with van der Waals surface area (Å²) in [6.07, 6.45) is -0.549. The standard InChI is InChI=1S/C16H17ClN2O5/c17-14-6-10(5-12-8-19(16(21)22)3-4-23-12)1-2-13(14)15-7-11(9-20)18-24-15/h1-2,6-7,12,20H,3-5,8-9H2,(H,21,22). The van der Waals surface area contributed by atoms with Crippen LogP contribution in [0.4, 0.5) is 4.79 Å². The molecule has 0 bridgehead atoms. The van der Waals surface area contributed by atoms with Crippen molar-refractivity contribution in [3.05, 3.63) is 40.5 Å². The van der Waals surface area contributed by atoms with Crippen molar-refractivity contribution < 1.29 is 24.3 Å². The van der Waals surface area contributed by atoms with E-state index in [4.69, 9.17) is 31.1 Å². The molecule has 1 saturated heterocycles. The zero-order chi connectivity index (χ0) is 17.1. The van der Waals surface area contributed by atoms with E-state index < -0.39 is 6.09 Å². The van der Waals surface area contributed by atoms with Gasteiger partial charge in [-0.05, 0) is 17.7 Å². The zero-order valence-corrected chi connectivity index (χ0v) is 13.6. The maximum atomic E-state index is 11.0. The number of halogens is 1. The Morgan fingerprint density at radius 2 is 2.25 bits per heavy atom. The van der Waals surface area contributed by atoms with Gasteiger partial charge in [-0.1, -0.05) is 22.8 Å². The highest BCUT2D eigenvalue weighted by Crippen LogP contribution is 2.30. The molecule has 3 rings (SSSR count). The van der Waals surface area contributed by atoms with Crippen LogP contribution < -0.4 is 0 Å². The molecule has 24 heavy (non-hydrogen) atoms. The molecule has 2 heterocycles. The largest absolute Gasteiger partial charge is 0.465 e.